The SMILES string of the molecule is O=C(Nc1ccc2c(c1)CCCN2S(=O)(=O)c1ccc(F)cc1)c1cccc(Br)c1. The van der Waals surface area contributed by atoms with Gasteiger partial charge in [0.1, 0.15) is 5.82 Å². The van der Waals surface area contributed by atoms with E-state index in [9.17, 15) is 17.6 Å². The summed E-state index contributed by atoms with van der Waals surface area (Å²) in [4.78, 5) is 12.5. The second-order valence-electron chi connectivity index (χ2n) is 6.94. The molecule has 3 aromatic carbocycles. The maximum absolute atomic E-state index is 13.2. The molecule has 1 N–H and O–H groups in total. The van der Waals surface area contributed by atoms with Crippen molar-refractivity contribution in [3.8, 4) is 0 Å². The zero-order valence-corrected chi connectivity index (χ0v) is 18.2. The molecule has 154 valence electrons. The molecule has 1 heterocycles. The van der Waals surface area contributed by atoms with Crippen molar-refractivity contribution >= 4 is 43.2 Å². The summed E-state index contributed by atoms with van der Waals surface area (Å²) in [6.07, 6.45) is 1.35. The molecule has 1 amide bonds. The van der Waals surface area contributed by atoms with Gasteiger partial charge in [-0.2, -0.15) is 0 Å². The van der Waals surface area contributed by atoms with Gasteiger partial charge in [0.2, 0.25) is 0 Å². The van der Waals surface area contributed by atoms with Crippen LogP contribution in [0.15, 0.2) is 76.1 Å². The van der Waals surface area contributed by atoms with E-state index in [-0.39, 0.29) is 10.8 Å². The number of halogens is 2. The van der Waals surface area contributed by atoms with E-state index in [1.807, 2.05) is 6.07 Å². The Morgan fingerprint density at radius 2 is 1.80 bits per heavy atom. The number of carbonyl (C=O) groups is 1. The third-order valence-corrected chi connectivity index (χ3v) is 7.22. The molecule has 0 radical (unpaired) electrons. The Hall–Kier alpha value is -2.71. The van der Waals surface area contributed by atoms with Crippen molar-refractivity contribution in [3.05, 3.63) is 88.1 Å². The molecule has 1 aliphatic heterocycles. The third-order valence-electron chi connectivity index (χ3n) is 4.90. The summed E-state index contributed by atoms with van der Waals surface area (Å²) in [5.41, 5.74) is 2.52. The van der Waals surface area contributed by atoms with E-state index < -0.39 is 15.8 Å². The van der Waals surface area contributed by atoms with Gasteiger partial charge in [-0.1, -0.05) is 22.0 Å². The minimum absolute atomic E-state index is 0.0452. The summed E-state index contributed by atoms with van der Waals surface area (Å²) < 4.78 is 41.5. The van der Waals surface area contributed by atoms with Gasteiger partial charge in [0.25, 0.3) is 15.9 Å². The van der Waals surface area contributed by atoms with E-state index in [2.05, 4.69) is 21.2 Å². The molecule has 0 bridgehead atoms. The lowest BCUT2D eigenvalue weighted by Crippen LogP contribution is -2.35. The monoisotopic (exact) mass is 488 g/mol. The van der Waals surface area contributed by atoms with Gasteiger partial charge in [0, 0.05) is 22.3 Å². The smallest absolute Gasteiger partial charge is 0.264 e. The van der Waals surface area contributed by atoms with Crippen LogP contribution in [0.1, 0.15) is 22.3 Å². The molecule has 8 heteroatoms. The van der Waals surface area contributed by atoms with Gasteiger partial charge in [-0.05, 0) is 79.1 Å². The molecule has 0 saturated heterocycles. The highest BCUT2D eigenvalue weighted by Crippen LogP contribution is 2.34. The van der Waals surface area contributed by atoms with Crippen LogP contribution in [0, 0.1) is 5.82 Å². The van der Waals surface area contributed by atoms with Gasteiger partial charge in [-0.3, -0.25) is 9.10 Å². The zero-order chi connectivity index (χ0) is 21.3. The van der Waals surface area contributed by atoms with Crippen molar-refractivity contribution < 1.29 is 17.6 Å². The quantitative estimate of drug-likeness (QED) is 0.562. The van der Waals surface area contributed by atoms with Crippen molar-refractivity contribution in [1.29, 1.82) is 0 Å². The maximum atomic E-state index is 13.2. The molecule has 3 aromatic rings. The van der Waals surface area contributed by atoms with Crippen LogP contribution in [-0.4, -0.2) is 20.9 Å². The molecule has 0 atom stereocenters. The number of anilines is 2. The summed E-state index contributed by atoms with van der Waals surface area (Å²) in [7, 11) is -3.80. The van der Waals surface area contributed by atoms with E-state index in [0.717, 1.165) is 22.2 Å². The average molecular weight is 489 g/mol. The Morgan fingerprint density at radius 1 is 1.03 bits per heavy atom. The average Bonchev–Trinajstić information content (AvgIpc) is 2.73. The van der Waals surface area contributed by atoms with Crippen LogP contribution in [0.5, 0.6) is 0 Å². The lowest BCUT2D eigenvalue weighted by Gasteiger charge is -2.31. The van der Waals surface area contributed by atoms with Crippen LogP contribution in [0.2, 0.25) is 0 Å². The van der Waals surface area contributed by atoms with Crippen LogP contribution in [0.4, 0.5) is 15.8 Å². The number of sulfonamides is 1. The lowest BCUT2D eigenvalue weighted by atomic mass is 10.0. The number of fused-ring (bicyclic) bond motifs is 1. The number of benzene rings is 3. The van der Waals surface area contributed by atoms with E-state index in [1.165, 1.54) is 16.4 Å². The maximum Gasteiger partial charge on any atom is 0.264 e. The number of amides is 1. The fraction of sp³-hybridized carbons (Fsp3) is 0.136. The highest BCUT2D eigenvalue weighted by molar-refractivity contribution is 9.10. The molecule has 0 aromatic heterocycles. The van der Waals surface area contributed by atoms with Crippen LogP contribution in [-0.2, 0) is 16.4 Å². The molecule has 0 saturated carbocycles. The van der Waals surface area contributed by atoms with E-state index >= 15 is 0 Å². The van der Waals surface area contributed by atoms with Crippen molar-refractivity contribution in [3.63, 3.8) is 0 Å². The standard InChI is InChI=1S/C22H18BrFN2O3S/c23-17-5-1-3-16(13-17)22(27)25-19-8-11-21-15(14-19)4-2-12-26(21)30(28,29)20-9-6-18(24)7-10-20/h1,3,5-11,13-14H,2,4,12H2,(H,25,27). The van der Waals surface area contributed by atoms with Crippen LogP contribution in [0.25, 0.3) is 0 Å². The molecular formula is C22H18BrFN2O3S. The molecule has 30 heavy (non-hydrogen) atoms. The first kappa shape index (κ1) is 20.6. The van der Waals surface area contributed by atoms with Crippen molar-refractivity contribution in [2.24, 2.45) is 0 Å². The highest BCUT2D eigenvalue weighted by atomic mass is 79.9. The predicted octanol–water partition coefficient (Wildman–Crippen LogP) is 4.98. The van der Waals surface area contributed by atoms with E-state index in [4.69, 9.17) is 0 Å². The lowest BCUT2D eigenvalue weighted by molar-refractivity contribution is 0.102. The number of aryl methyl sites for hydroxylation is 1. The molecule has 1 aliphatic rings. The first-order valence-electron chi connectivity index (χ1n) is 9.33. The Labute approximate surface area is 182 Å². The number of hydrogen-bond donors (Lipinski definition) is 1. The molecule has 0 aliphatic carbocycles. The van der Waals surface area contributed by atoms with Gasteiger partial charge < -0.3 is 5.32 Å². The molecule has 0 fully saturated rings. The van der Waals surface area contributed by atoms with Gasteiger partial charge in [-0.15, -0.1) is 0 Å². The molecule has 0 spiro atoms. The van der Waals surface area contributed by atoms with Gasteiger partial charge in [0.05, 0.1) is 10.6 Å². The Kier molecular flexibility index (Phi) is 5.62. The molecule has 5 nitrogen and oxygen atoms in total. The first-order valence-corrected chi connectivity index (χ1v) is 11.6. The van der Waals surface area contributed by atoms with Crippen molar-refractivity contribution in [1.82, 2.24) is 0 Å². The Bertz CT molecular complexity index is 1210. The van der Waals surface area contributed by atoms with E-state index in [1.54, 1.807) is 36.4 Å². The second-order valence-corrected chi connectivity index (χ2v) is 9.72. The normalized spacial score (nSPS) is 13.6. The summed E-state index contributed by atoms with van der Waals surface area (Å²) in [6.45, 7) is 0.344. The second kappa shape index (κ2) is 8.20. The molecular weight excluding hydrogens is 471 g/mol. The van der Waals surface area contributed by atoms with Gasteiger partial charge >= 0.3 is 0 Å². The fourth-order valence-electron chi connectivity index (χ4n) is 3.46. The fourth-order valence-corrected chi connectivity index (χ4v) is 5.40. The Balaban J connectivity index is 1.61. The number of nitrogens with one attached hydrogen (secondary N) is 1. The zero-order valence-electron chi connectivity index (χ0n) is 15.8. The number of carbonyl (C=O) groups excluding carboxylic acids is 1. The van der Waals surface area contributed by atoms with Crippen molar-refractivity contribution in [2.75, 3.05) is 16.2 Å². The van der Waals surface area contributed by atoms with Gasteiger partial charge in [-0.25, -0.2) is 12.8 Å². The van der Waals surface area contributed by atoms with E-state index in [0.29, 0.717) is 36.3 Å². The highest BCUT2D eigenvalue weighted by Gasteiger charge is 2.29. The number of hydrogen-bond acceptors (Lipinski definition) is 3. The largest absolute Gasteiger partial charge is 0.322 e. The number of rotatable bonds is 4. The summed E-state index contributed by atoms with van der Waals surface area (Å²) >= 11 is 3.35. The minimum Gasteiger partial charge on any atom is -0.322 e. The van der Waals surface area contributed by atoms with Gasteiger partial charge in [0.15, 0.2) is 0 Å². The number of nitrogens with zero attached hydrogens (tertiary/aromatic N) is 1. The summed E-state index contributed by atoms with van der Waals surface area (Å²) in [5.74, 6) is -0.735. The van der Waals surface area contributed by atoms with Crippen LogP contribution in [0.3, 0.4) is 0 Å². The summed E-state index contributed by atoms with van der Waals surface area (Å²) in [6, 6.07) is 17.1. The summed E-state index contributed by atoms with van der Waals surface area (Å²) in [5, 5.41) is 2.86. The van der Waals surface area contributed by atoms with Crippen LogP contribution < -0.4 is 9.62 Å². The third kappa shape index (κ3) is 4.11. The van der Waals surface area contributed by atoms with Crippen molar-refractivity contribution in [2.45, 2.75) is 17.7 Å². The predicted molar refractivity (Wildman–Crippen MR) is 118 cm³/mol. The van der Waals surface area contributed by atoms with Crippen LogP contribution >= 0.6 is 15.9 Å². The minimum atomic E-state index is -3.80. The Morgan fingerprint density at radius 3 is 2.53 bits per heavy atom. The topological polar surface area (TPSA) is 66.5 Å². The first-order chi connectivity index (χ1) is 14.3. The molecule has 0 unspecified atom stereocenters. The molecule has 4 rings (SSSR count).